The molecule has 1 aliphatic rings. The van der Waals surface area contributed by atoms with Crippen LogP contribution in [-0.4, -0.2) is 49.6 Å². The standard InChI is InChI=1S/C17H27N5O3S/c1-5-25-16(24)13-10(2)21-15(26-13)11(3)22-17(18-4)20-9-8-19-14(23)12-6-7-12/h11-12H,5-9H2,1-4H3,(H,19,23)(H2,18,20,22). The molecular formula is C17H27N5O3S. The van der Waals surface area contributed by atoms with Gasteiger partial charge in [0.05, 0.1) is 18.3 Å². The van der Waals surface area contributed by atoms with Gasteiger partial charge in [-0.05, 0) is 33.6 Å². The molecule has 9 heteroatoms. The van der Waals surface area contributed by atoms with Gasteiger partial charge >= 0.3 is 5.97 Å². The van der Waals surface area contributed by atoms with Crippen molar-refractivity contribution in [1.82, 2.24) is 20.9 Å². The van der Waals surface area contributed by atoms with Crippen LogP contribution in [0.5, 0.6) is 0 Å². The van der Waals surface area contributed by atoms with Gasteiger partial charge in [-0.15, -0.1) is 11.3 Å². The molecule has 8 nitrogen and oxygen atoms in total. The van der Waals surface area contributed by atoms with Crippen LogP contribution in [0.1, 0.15) is 53.1 Å². The molecule has 144 valence electrons. The van der Waals surface area contributed by atoms with Crippen LogP contribution in [0.15, 0.2) is 4.99 Å². The Kier molecular flexibility index (Phi) is 7.38. The first-order chi connectivity index (χ1) is 12.5. The number of nitrogens with one attached hydrogen (secondary N) is 3. The number of ether oxygens (including phenoxy) is 1. The predicted molar refractivity (Wildman–Crippen MR) is 101 cm³/mol. The monoisotopic (exact) mass is 381 g/mol. The molecule has 1 aromatic rings. The topological polar surface area (TPSA) is 105 Å². The average Bonchev–Trinajstić information content (AvgIpc) is 3.39. The first kappa shape index (κ1) is 20.2. The summed E-state index contributed by atoms with van der Waals surface area (Å²) in [7, 11) is 1.68. The Hall–Kier alpha value is -2.16. The van der Waals surface area contributed by atoms with Crippen LogP contribution in [0.2, 0.25) is 0 Å². The van der Waals surface area contributed by atoms with Crippen molar-refractivity contribution in [2.45, 2.75) is 39.7 Å². The largest absolute Gasteiger partial charge is 0.462 e. The van der Waals surface area contributed by atoms with E-state index in [1.807, 2.05) is 6.92 Å². The molecule has 2 rings (SSSR count). The fraction of sp³-hybridized carbons (Fsp3) is 0.647. The number of aromatic nitrogens is 1. The summed E-state index contributed by atoms with van der Waals surface area (Å²) in [6.07, 6.45) is 2.00. The molecule has 1 heterocycles. The number of esters is 1. The van der Waals surface area contributed by atoms with Gasteiger partial charge in [-0.3, -0.25) is 9.79 Å². The third-order valence-corrected chi connectivity index (χ3v) is 5.21. The lowest BCUT2D eigenvalue weighted by Crippen LogP contribution is -2.42. The Morgan fingerprint density at radius 2 is 2.04 bits per heavy atom. The van der Waals surface area contributed by atoms with Gasteiger partial charge in [0.1, 0.15) is 9.88 Å². The lowest BCUT2D eigenvalue weighted by Gasteiger charge is -2.16. The zero-order chi connectivity index (χ0) is 19.1. The van der Waals surface area contributed by atoms with Gasteiger partial charge in [0.15, 0.2) is 5.96 Å². The van der Waals surface area contributed by atoms with Crippen molar-refractivity contribution in [3.05, 3.63) is 15.6 Å². The Labute approximate surface area is 157 Å². The van der Waals surface area contributed by atoms with E-state index in [1.54, 1.807) is 20.9 Å². The van der Waals surface area contributed by atoms with Gasteiger partial charge in [-0.25, -0.2) is 9.78 Å². The normalized spacial score (nSPS) is 15.3. The van der Waals surface area contributed by atoms with E-state index in [-0.39, 0.29) is 23.8 Å². The van der Waals surface area contributed by atoms with E-state index in [2.05, 4.69) is 25.9 Å². The highest BCUT2D eigenvalue weighted by atomic mass is 32.1. The molecule has 0 aromatic carbocycles. The van der Waals surface area contributed by atoms with Gasteiger partial charge in [0.25, 0.3) is 0 Å². The van der Waals surface area contributed by atoms with E-state index in [0.717, 1.165) is 17.8 Å². The molecule has 3 N–H and O–H groups in total. The summed E-state index contributed by atoms with van der Waals surface area (Å²) in [5.74, 6) is 0.626. The van der Waals surface area contributed by atoms with Crippen molar-refractivity contribution >= 4 is 29.2 Å². The van der Waals surface area contributed by atoms with E-state index in [1.165, 1.54) is 11.3 Å². The number of carbonyl (C=O) groups excluding carboxylic acids is 2. The van der Waals surface area contributed by atoms with Crippen LogP contribution in [0.25, 0.3) is 0 Å². The number of aliphatic imine (C=N–C) groups is 1. The van der Waals surface area contributed by atoms with Crippen LogP contribution in [0.4, 0.5) is 0 Å². The Bertz CT molecular complexity index is 669. The van der Waals surface area contributed by atoms with Crippen LogP contribution in [0.3, 0.4) is 0 Å². The van der Waals surface area contributed by atoms with Crippen molar-refractivity contribution in [2.75, 3.05) is 26.7 Å². The molecule has 1 fully saturated rings. The Morgan fingerprint density at radius 1 is 1.35 bits per heavy atom. The zero-order valence-electron chi connectivity index (χ0n) is 15.7. The highest BCUT2D eigenvalue weighted by molar-refractivity contribution is 7.13. The average molecular weight is 382 g/mol. The number of hydrogen-bond donors (Lipinski definition) is 3. The third kappa shape index (κ3) is 5.69. The second-order valence-corrected chi connectivity index (χ2v) is 7.15. The summed E-state index contributed by atoms with van der Waals surface area (Å²) in [6.45, 7) is 7.00. The molecule has 1 aliphatic carbocycles. The van der Waals surface area contributed by atoms with Gasteiger partial charge in [0.2, 0.25) is 5.91 Å². The smallest absolute Gasteiger partial charge is 0.350 e. The third-order valence-electron chi connectivity index (χ3n) is 3.89. The van der Waals surface area contributed by atoms with Crippen LogP contribution >= 0.6 is 11.3 Å². The number of aryl methyl sites for hydroxylation is 1. The number of nitrogens with zero attached hydrogens (tertiary/aromatic N) is 2. The number of thiazole rings is 1. The fourth-order valence-corrected chi connectivity index (χ4v) is 3.27. The number of rotatable bonds is 8. The first-order valence-electron chi connectivity index (χ1n) is 8.85. The number of amides is 1. The summed E-state index contributed by atoms with van der Waals surface area (Å²) < 4.78 is 5.05. The van der Waals surface area contributed by atoms with Gasteiger partial charge in [-0.2, -0.15) is 0 Å². The molecule has 0 saturated heterocycles. The highest BCUT2D eigenvalue weighted by Gasteiger charge is 2.29. The molecule has 1 unspecified atom stereocenters. The van der Waals surface area contributed by atoms with Crippen molar-refractivity contribution in [3.8, 4) is 0 Å². The SMILES string of the molecule is CCOC(=O)c1sc(C(C)NC(=NC)NCCNC(=O)C2CC2)nc1C. The molecule has 0 radical (unpaired) electrons. The highest BCUT2D eigenvalue weighted by Crippen LogP contribution is 2.28. The lowest BCUT2D eigenvalue weighted by molar-refractivity contribution is -0.122. The molecular weight excluding hydrogens is 354 g/mol. The van der Waals surface area contributed by atoms with Crippen molar-refractivity contribution < 1.29 is 14.3 Å². The first-order valence-corrected chi connectivity index (χ1v) is 9.67. The van der Waals surface area contributed by atoms with Crippen LogP contribution in [-0.2, 0) is 9.53 Å². The van der Waals surface area contributed by atoms with E-state index >= 15 is 0 Å². The van der Waals surface area contributed by atoms with Gasteiger partial charge in [-0.1, -0.05) is 0 Å². The quantitative estimate of drug-likeness (QED) is 0.272. The van der Waals surface area contributed by atoms with Crippen LogP contribution < -0.4 is 16.0 Å². The summed E-state index contributed by atoms with van der Waals surface area (Å²) in [6, 6.07) is -0.117. The molecule has 1 saturated carbocycles. The summed E-state index contributed by atoms with van der Waals surface area (Å²) in [5, 5.41) is 10.1. The minimum Gasteiger partial charge on any atom is -0.462 e. The van der Waals surface area contributed by atoms with Crippen molar-refractivity contribution in [2.24, 2.45) is 10.9 Å². The maximum atomic E-state index is 11.9. The molecule has 0 aliphatic heterocycles. The Morgan fingerprint density at radius 3 is 2.65 bits per heavy atom. The molecule has 0 spiro atoms. The molecule has 26 heavy (non-hydrogen) atoms. The molecule has 0 bridgehead atoms. The summed E-state index contributed by atoms with van der Waals surface area (Å²) in [5.41, 5.74) is 0.669. The van der Waals surface area contributed by atoms with E-state index in [0.29, 0.717) is 36.2 Å². The lowest BCUT2D eigenvalue weighted by atomic mass is 10.3. The van der Waals surface area contributed by atoms with E-state index in [4.69, 9.17) is 4.74 Å². The van der Waals surface area contributed by atoms with Crippen molar-refractivity contribution in [1.29, 1.82) is 0 Å². The zero-order valence-corrected chi connectivity index (χ0v) is 16.5. The second-order valence-electron chi connectivity index (χ2n) is 6.12. The molecule has 1 atom stereocenters. The predicted octanol–water partition coefficient (Wildman–Crippen LogP) is 1.38. The van der Waals surface area contributed by atoms with Crippen molar-refractivity contribution in [3.63, 3.8) is 0 Å². The second kappa shape index (κ2) is 9.51. The minimum atomic E-state index is -0.338. The van der Waals surface area contributed by atoms with E-state index in [9.17, 15) is 9.59 Å². The maximum absolute atomic E-state index is 11.9. The van der Waals surface area contributed by atoms with Gasteiger partial charge in [0, 0.05) is 26.1 Å². The van der Waals surface area contributed by atoms with Crippen LogP contribution in [0, 0.1) is 12.8 Å². The Balaban J connectivity index is 1.82. The number of hydrogen-bond acceptors (Lipinski definition) is 6. The maximum Gasteiger partial charge on any atom is 0.350 e. The van der Waals surface area contributed by atoms with E-state index < -0.39 is 0 Å². The minimum absolute atomic E-state index is 0.117. The summed E-state index contributed by atoms with van der Waals surface area (Å²) >= 11 is 1.32. The molecule has 1 aromatic heterocycles. The number of guanidine groups is 1. The van der Waals surface area contributed by atoms with Gasteiger partial charge < -0.3 is 20.7 Å². The number of carbonyl (C=O) groups is 2. The summed E-state index contributed by atoms with van der Waals surface area (Å²) in [4.78, 5) is 32.7. The fourth-order valence-electron chi connectivity index (χ4n) is 2.31. The molecule has 1 amide bonds.